The number of hydrogen-bond donors (Lipinski definition) is 1. The molecule has 0 radical (unpaired) electrons. The van der Waals surface area contributed by atoms with Gasteiger partial charge in [0.15, 0.2) is 0 Å². The first-order valence-corrected chi connectivity index (χ1v) is 13.6. The van der Waals surface area contributed by atoms with Gasteiger partial charge in [-0.05, 0) is 62.6 Å². The number of nitrogens with zero attached hydrogens (tertiary/aromatic N) is 2. The molecule has 8 nitrogen and oxygen atoms in total. The third-order valence-electron chi connectivity index (χ3n) is 6.23. The first kappa shape index (κ1) is 24.8. The Morgan fingerprint density at radius 3 is 2.62 bits per heavy atom. The maximum atomic E-state index is 13.3. The predicted molar refractivity (Wildman–Crippen MR) is 127 cm³/mol. The van der Waals surface area contributed by atoms with Crippen molar-refractivity contribution in [3.05, 3.63) is 46.1 Å². The Labute approximate surface area is 202 Å². The smallest absolute Gasteiger partial charge is 0.341 e. The number of sulfonamides is 1. The van der Waals surface area contributed by atoms with Gasteiger partial charge >= 0.3 is 5.97 Å². The average Bonchev–Trinajstić information content (AvgIpc) is 3.44. The maximum absolute atomic E-state index is 13.3. The normalized spacial score (nSPS) is 19.1. The fourth-order valence-corrected chi connectivity index (χ4v) is 7.40. The first-order valence-electron chi connectivity index (χ1n) is 11.4. The molecule has 0 aliphatic carbocycles. The Morgan fingerprint density at radius 2 is 1.94 bits per heavy atom. The minimum Gasteiger partial charge on any atom is -0.462 e. The van der Waals surface area contributed by atoms with Crippen LogP contribution in [0, 0.1) is 5.82 Å². The van der Waals surface area contributed by atoms with Gasteiger partial charge < -0.3 is 10.1 Å². The van der Waals surface area contributed by atoms with Crippen LogP contribution in [0.5, 0.6) is 0 Å². The van der Waals surface area contributed by atoms with Gasteiger partial charge in [0.05, 0.1) is 17.1 Å². The van der Waals surface area contributed by atoms with Gasteiger partial charge in [-0.1, -0.05) is 6.92 Å². The molecule has 1 aromatic heterocycles. The minimum atomic E-state index is -3.98. The summed E-state index contributed by atoms with van der Waals surface area (Å²) in [5.41, 5.74) is 1.27. The van der Waals surface area contributed by atoms with Gasteiger partial charge in [0.25, 0.3) is 0 Å². The summed E-state index contributed by atoms with van der Waals surface area (Å²) < 4.78 is 46.0. The number of hydrogen-bond acceptors (Lipinski definition) is 7. The van der Waals surface area contributed by atoms with Gasteiger partial charge in [-0.25, -0.2) is 17.6 Å². The number of benzene rings is 1. The van der Waals surface area contributed by atoms with Gasteiger partial charge in [0, 0.05) is 24.5 Å². The molecule has 1 N–H and O–H groups in total. The number of fused-ring (bicyclic) bond motifs is 1. The number of amides is 1. The molecule has 1 amide bonds. The van der Waals surface area contributed by atoms with E-state index in [1.54, 1.807) is 6.92 Å². The number of likely N-dealkylation sites (N-methyl/N-ethyl adjacent to an activating group) is 1. The third kappa shape index (κ3) is 4.74. The molecule has 1 saturated heterocycles. The van der Waals surface area contributed by atoms with Crippen LogP contribution in [0.1, 0.15) is 47.5 Å². The van der Waals surface area contributed by atoms with E-state index in [1.165, 1.54) is 23.5 Å². The molecule has 1 atom stereocenters. The number of ether oxygens (including phenoxy) is 1. The van der Waals surface area contributed by atoms with Crippen molar-refractivity contribution in [2.75, 3.05) is 31.6 Å². The molecule has 11 heteroatoms. The molecule has 2 aliphatic rings. The van der Waals surface area contributed by atoms with Crippen molar-refractivity contribution in [2.45, 2.75) is 50.6 Å². The second-order valence-corrected chi connectivity index (χ2v) is 11.3. The van der Waals surface area contributed by atoms with Gasteiger partial charge in [-0.3, -0.25) is 9.69 Å². The van der Waals surface area contributed by atoms with Crippen molar-refractivity contribution in [2.24, 2.45) is 0 Å². The summed E-state index contributed by atoms with van der Waals surface area (Å²) in [6.45, 7) is 6.58. The lowest BCUT2D eigenvalue weighted by atomic mass is 10.0. The number of carbonyl (C=O) groups is 2. The van der Waals surface area contributed by atoms with E-state index >= 15 is 0 Å². The van der Waals surface area contributed by atoms with Gasteiger partial charge in [0.2, 0.25) is 15.9 Å². The second-order valence-electron chi connectivity index (χ2n) is 8.26. The van der Waals surface area contributed by atoms with E-state index in [4.69, 9.17) is 4.74 Å². The summed E-state index contributed by atoms with van der Waals surface area (Å²) in [5, 5.41) is 3.24. The molecule has 4 rings (SSSR count). The molecule has 0 bridgehead atoms. The van der Waals surface area contributed by atoms with E-state index in [0.717, 1.165) is 40.0 Å². The van der Waals surface area contributed by atoms with Gasteiger partial charge in [-0.2, -0.15) is 4.31 Å². The molecular formula is C23H28FN3O5S2. The van der Waals surface area contributed by atoms with Crippen LogP contribution in [-0.2, 0) is 32.5 Å². The Kier molecular flexibility index (Phi) is 7.36. The van der Waals surface area contributed by atoms with Crippen LogP contribution in [0.25, 0.3) is 0 Å². The van der Waals surface area contributed by atoms with E-state index in [-0.39, 0.29) is 18.0 Å². The van der Waals surface area contributed by atoms with E-state index in [1.807, 2.05) is 0 Å². The lowest BCUT2D eigenvalue weighted by Crippen LogP contribution is -2.43. The van der Waals surface area contributed by atoms with Crippen molar-refractivity contribution < 1.29 is 27.1 Å². The Balaban J connectivity index is 1.61. The van der Waals surface area contributed by atoms with Crippen LogP contribution in [0.4, 0.5) is 9.39 Å². The van der Waals surface area contributed by atoms with Crippen molar-refractivity contribution >= 4 is 38.2 Å². The molecular weight excluding hydrogens is 481 g/mol. The number of anilines is 1. The Morgan fingerprint density at radius 1 is 1.21 bits per heavy atom. The van der Waals surface area contributed by atoms with E-state index in [0.29, 0.717) is 36.4 Å². The fourth-order valence-electron chi connectivity index (χ4n) is 4.46. The fraction of sp³-hybridized carbons (Fsp3) is 0.478. The maximum Gasteiger partial charge on any atom is 0.341 e. The second kappa shape index (κ2) is 10.1. The largest absolute Gasteiger partial charge is 0.462 e. The minimum absolute atomic E-state index is 0.0629. The van der Waals surface area contributed by atoms with Crippen LogP contribution < -0.4 is 5.32 Å². The van der Waals surface area contributed by atoms with Crippen LogP contribution in [0.15, 0.2) is 29.2 Å². The van der Waals surface area contributed by atoms with Crippen molar-refractivity contribution in [3.8, 4) is 0 Å². The highest BCUT2D eigenvalue weighted by molar-refractivity contribution is 7.89. The molecule has 0 spiro atoms. The molecule has 3 heterocycles. The summed E-state index contributed by atoms with van der Waals surface area (Å²) in [5.74, 6) is -1.51. The zero-order chi connectivity index (χ0) is 24.5. The zero-order valence-electron chi connectivity index (χ0n) is 19.2. The third-order valence-corrected chi connectivity index (χ3v) is 9.28. The lowest BCUT2D eigenvalue weighted by Gasteiger charge is -2.25. The van der Waals surface area contributed by atoms with E-state index in [9.17, 15) is 22.4 Å². The van der Waals surface area contributed by atoms with Crippen LogP contribution in [0.2, 0.25) is 0 Å². The number of halogens is 1. The van der Waals surface area contributed by atoms with Crippen molar-refractivity contribution in [1.82, 2.24) is 9.21 Å². The Bertz CT molecular complexity index is 1180. The molecule has 0 saturated carbocycles. The van der Waals surface area contributed by atoms with Gasteiger partial charge in [-0.15, -0.1) is 11.3 Å². The van der Waals surface area contributed by atoms with Crippen LogP contribution in [0.3, 0.4) is 0 Å². The van der Waals surface area contributed by atoms with Crippen molar-refractivity contribution in [1.29, 1.82) is 0 Å². The number of thiophene rings is 1. The number of nitrogens with one attached hydrogen (secondary N) is 1. The van der Waals surface area contributed by atoms with E-state index < -0.39 is 33.8 Å². The van der Waals surface area contributed by atoms with Crippen molar-refractivity contribution in [3.63, 3.8) is 0 Å². The average molecular weight is 510 g/mol. The molecule has 2 aromatic rings. The highest BCUT2D eigenvalue weighted by atomic mass is 32.2. The number of esters is 1. The van der Waals surface area contributed by atoms with Crippen LogP contribution >= 0.6 is 11.3 Å². The summed E-state index contributed by atoms with van der Waals surface area (Å²) in [6.07, 6.45) is 1.56. The first-order chi connectivity index (χ1) is 16.3. The topological polar surface area (TPSA) is 96.0 Å². The summed E-state index contributed by atoms with van der Waals surface area (Å²) in [4.78, 5) is 29.3. The number of rotatable bonds is 7. The monoisotopic (exact) mass is 509 g/mol. The summed E-state index contributed by atoms with van der Waals surface area (Å²) >= 11 is 1.35. The summed E-state index contributed by atoms with van der Waals surface area (Å²) in [7, 11) is -3.98. The zero-order valence-corrected chi connectivity index (χ0v) is 20.8. The molecule has 184 valence electrons. The van der Waals surface area contributed by atoms with Gasteiger partial charge in [0.1, 0.15) is 16.9 Å². The molecule has 1 aromatic carbocycles. The predicted octanol–water partition coefficient (Wildman–Crippen LogP) is 3.23. The molecule has 34 heavy (non-hydrogen) atoms. The van der Waals surface area contributed by atoms with E-state index in [2.05, 4.69) is 17.1 Å². The SMILES string of the molecule is CCOC(=O)c1c(NC(=O)C2CCCN2S(=O)(=O)c2ccc(F)cc2)sc2c1CCN(CC)C2. The standard InChI is InChI=1S/C23H28FN3O5S2/c1-3-26-13-11-17-19(14-26)33-22(20(17)23(29)32-4-2)25-21(28)18-6-5-12-27(18)34(30,31)16-9-7-15(24)8-10-16/h7-10,18H,3-6,11-14H2,1-2H3,(H,25,28). The quantitative estimate of drug-likeness (QED) is 0.576. The Hall–Kier alpha value is -2.34. The highest BCUT2D eigenvalue weighted by Crippen LogP contribution is 2.38. The molecule has 1 fully saturated rings. The number of carbonyl (C=O) groups excluding carboxylic acids is 2. The highest BCUT2D eigenvalue weighted by Gasteiger charge is 2.40. The molecule has 2 aliphatic heterocycles. The lowest BCUT2D eigenvalue weighted by molar-refractivity contribution is -0.119. The molecule has 1 unspecified atom stereocenters. The van der Waals surface area contributed by atoms with Crippen LogP contribution in [-0.4, -0.2) is 61.8 Å². The summed E-state index contributed by atoms with van der Waals surface area (Å²) in [6, 6.07) is 3.64.